The molecular weight excluding hydrogens is 234 g/mol. The van der Waals surface area contributed by atoms with Crippen molar-refractivity contribution in [2.75, 3.05) is 24.5 Å². The highest BCUT2D eigenvalue weighted by Crippen LogP contribution is 2.28. The van der Waals surface area contributed by atoms with Crippen molar-refractivity contribution in [3.63, 3.8) is 0 Å². The lowest BCUT2D eigenvalue weighted by Gasteiger charge is -2.40. The summed E-state index contributed by atoms with van der Waals surface area (Å²) in [6.45, 7) is 9.70. The number of aromatic nitrogens is 1. The lowest BCUT2D eigenvalue weighted by molar-refractivity contribution is 0.353. The van der Waals surface area contributed by atoms with Crippen LogP contribution in [0.3, 0.4) is 0 Å². The van der Waals surface area contributed by atoms with Gasteiger partial charge in [-0.15, -0.1) is 0 Å². The van der Waals surface area contributed by atoms with Crippen molar-refractivity contribution in [1.82, 2.24) is 10.3 Å². The predicted octanol–water partition coefficient (Wildman–Crippen LogP) is 2.73. The molecule has 100 valence electrons. The van der Waals surface area contributed by atoms with E-state index >= 15 is 0 Å². The maximum Gasteiger partial charge on any atom is 0.0726 e. The number of pyridine rings is 1. The van der Waals surface area contributed by atoms with Gasteiger partial charge in [0.25, 0.3) is 0 Å². The second-order valence-corrected chi connectivity index (χ2v) is 6.03. The number of nitrogens with zero attached hydrogens (tertiary/aromatic N) is 2. The van der Waals surface area contributed by atoms with Gasteiger partial charge in [-0.05, 0) is 32.9 Å². The van der Waals surface area contributed by atoms with Gasteiger partial charge in [-0.3, -0.25) is 4.98 Å². The molecule has 3 rings (SSSR count). The number of piperazine rings is 1. The van der Waals surface area contributed by atoms with E-state index in [0.29, 0.717) is 0 Å². The summed E-state index contributed by atoms with van der Waals surface area (Å²) in [5.41, 5.74) is 3.66. The molecule has 2 aromatic rings. The predicted molar refractivity (Wildman–Crippen MR) is 80.8 cm³/mol. The lowest BCUT2D eigenvalue weighted by atomic mass is 10.0. The van der Waals surface area contributed by atoms with E-state index in [9.17, 15) is 0 Å². The first-order chi connectivity index (χ1) is 9.05. The van der Waals surface area contributed by atoms with E-state index in [2.05, 4.69) is 66.3 Å². The van der Waals surface area contributed by atoms with E-state index in [-0.39, 0.29) is 5.54 Å². The molecule has 0 aliphatic carbocycles. The van der Waals surface area contributed by atoms with E-state index in [1.165, 1.54) is 11.1 Å². The van der Waals surface area contributed by atoms with Gasteiger partial charge in [-0.25, -0.2) is 0 Å². The molecule has 0 amide bonds. The number of rotatable bonds is 1. The first kappa shape index (κ1) is 12.4. The summed E-state index contributed by atoms with van der Waals surface area (Å²) in [5.74, 6) is 0. The summed E-state index contributed by atoms with van der Waals surface area (Å²) in [5, 5.41) is 4.82. The zero-order valence-corrected chi connectivity index (χ0v) is 11.9. The Bertz CT molecular complexity index is 604. The van der Waals surface area contributed by atoms with E-state index in [1.54, 1.807) is 0 Å². The van der Waals surface area contributed by atoms with Crippen LogP contribution in [0.1, 0.15) is 19.5 Å². The van der Waals surface area contributed by atoms with Gasteiger partial charge < -0.3 is 10.2 Å². The molecule has 0 radical (unpaired) electrons. The summed E-state index contributed by atoms with van der Waals surface area (Å²) in [6, 6.07) is 10.6. The fraction of sp³-hybridized carbons (Fsp3) is 0.438. The van der Waals surface area contributed by atoms with E-state index in [4.69, 9.17) is 0 Å². The van der Waals surface area contributed by atoms with Crippen LogP contribution in [0, 0.1) is 6.92 Å². The summed E-state index contributed by atoms with van der Waals surface area (Å²) < 4.78 is 0. The molecule has 0 atom stereocenters. The average Bonchev–Trinajstić information content (AvgIpc) is 2.36. The Morgan fingerprint density at radius 3 is 2.84 bits per heavy atom. The van der Waals surface area contributed by atoms with Crippen molar-refractivity contribution in [1.29, 1.82) is 0 Å². The maximum atomic E-state index is 4.63. The number of aryl methyl sites for hydroxylation is 1. The molecule has 3 nitrogen and oxygen atoms in total. The summed E-state index contributed by atoms with van der Waals surface area (Å²) in [7, 11) is 0. The van der Waals surface area contributed by atoms with Crippen LogP contribution in [0.5, 0.6) is 0 Å². The summed E-state index contributed by atoms with van der Waals surface area (Å²) in [4.78, 5) is 7.10. The summed E-state index contributed by atoms with van der Waals surface area (Å²) >= 11 is 0. The van der Waals surface area contributed by atoms with Crippen molar-refractivity contribution in [3.05, 3.63) is 36.0 Å². The second-order valence-electron chi connectivity index (χ2n) is 6.03. The van der Waals surface area contributed by atoms with Crippen LogP contribution in [0.2, 0.25) is 0 Å². The number of anilines is 1. The normalized spacial score (nSPS) is 18.8. The summed E-state index contributed by atoms with van der Waals surface area (Å²) in [6.07, 6.45) is 0. The van der Waals surface area contributed by atoms with Gasteiger partial charge in [0.1, 0.15) is 0 Å². The van der Waals surface area contributed by atoms with Gasteiger partial charge >= 0.3 is 0 Å². The van der Waals surface area contributed by atoms with Gasteiger partial charge in [0.2, 0.25) is 0 Å². The smallest absolute Gasteiger partial charge is 0.0726 e. The number of para-hydroxylation sites is 1. The largest absolute Gasteiger partial charge is 0.368 e. The molecule has 1 aromatic heterocycles. The Morgan fingerprint density at radius 2 is 2.05 bits per heavy atom. The lowest BCUT2D eigenvalue weighted by Crippen LogP contribution is -2.57. The quantitative estimate of drug-likeness (QED) is 0.849. The van der Waals surface area contributed by atoms with Crippen LogP contribution in [-0.2, 0) is 0 Å². The van der Waals surface area contributed by atoms with Crippen LogP contribution in [-0.4, -0.2) is 30.2 Å². The fourth-order valence-electron chi connectivity index (χ4n) is 2.89. The van der Waals surface area contributed by atoms with E-state index in [0.717, 1.165) is 30.8 Å². The zero-order valence-electron chi connectivity index (χ0n) is 11.9. The van der Waals surface area contributed by atoms with Gasteiger partial charge in [-0.2, -0.15) is 0 Å². The Balaban J connectivity index is 2.09. The Kier molecular flexibility index (Phi) is 2.94. The second kappa shape index (κ2) is 4.49. The maximum absolute atomic E-state index is 4.63. The van der Waals surface area contributed by atoms with Crippen molar-refractivity contribution < 1.29 is 0 Å². The van der Waals surface area contributed by atoms with Crippen molar-refractivity contribution in [2.24, 2.45) is 0 Å². The highest BCUT2D eigenvalue weighted by molar-refractivity contribution is 5.92. The number of nitrogens with one attached hydrogen (secondary N) is 1. The highest BCUT2D eigenvalue weighted by atomic mass is 15.2. The van der Waals surface area contributed by atoms with E-state index in [1.807, 2.05) is 0 Å². The van der Waals surface area contributed by atoms with Crippen LogP contribution >= 0.6 is 0 Å². The highest BCUT2D eigenvalue weighted by Gasteiger charge is 2.26. The van der Waals surface area contributed by atoms with Gasteiger partial charge in [0, 0.05) is 41.9 Å². The Hall–Kier alpha value is -1.61. The molecule has 0 spiro atoms. The molecule has 2 heterocycles. The minimum Gasteiger partial charge on any atom is -0.368 e. The average molecular weight is 255 g/mol. The van der Waals surface area contributed by atoms with Crippen LogP contribution in [0.15, 0.2) is 30.3 Å². The molecule has 0 bridgehead atoms. The fourth-order valence-corrected chi connectivity index (χ4v) is 2.89. The SMILES string of the molecule is Cc1cc(N2CCNC(C)(C)C2)c2ccccc2n1. The molecule has 1 fully saturated rings. The van der Waals surface area contributed by atoms with Crippen LogP contribution in [0.25, 0.3) is 10.9 Å². The number of fused-ring (bicyclic) bond motifs is 1. The van der Waals surface area contributed by atoms with Gasteiger partial charge in [-0.1, -0.05) is 18.2 Å². The van der Waals surface area contributed by atoms with Gasteiger partial charge in [0.15, 0.2) is 0 Å². The molecule has 19 heavy (non-hydrogen) atoms. The minimum absolute atomic E-state index is 0.163. The zero-order chi connectivity index (χ0) is 13.5. The number of hydrogen-bond acceptors (Lipinski definition) is 3. The third-order valence-corrected chi connectivity index (χ3v) is 3.73. The first-order valence-electron chi connectivity index (χ1n) is 6.92. The number of benzene rings is 1. The first-order valence-corrected chi connectivity index (χ1v) is 6.92. The standard InChI is InChI=1S/C16H21N3/c1-12-10-15(13-6-4-5-7-14(13)18-12)19-9-8-17-16(2,3)11-19/h4-7,10,17H,8-9,11H2,1-3H3. The molecule has 1 aromatic carbocycles. The van der Waals surface area contributed by atoms with Gasteiger partial charge in [0.05, 0.1) is 5.52 Å². The molecule has 1 N–H and O–H groups in total. The molecule has 0 saturated carbocycles. The van der Waals surface area contributed by atoms with Crippen molar-refractivity contribution in [3.8, 4) is 0 Å². The molecule has 1 saturated heterocycles. The third-order valence-electron chi connectivity index (χ3n) is 3.73. The van der Waals surface area contributed by atoms with Crippen molar-refractivity contribution >= 4 is 16.6 Å². The van der Waals surface area contributed by atoms with Crippen LogP contribution < -0.4 is 10.2 Å². The Morgan fingerprint density at radius 1 is 1.26 bits per heavy atom. The molecule has 1 aliphatic rings. The third kappa shape index (κ3) is 2.43. The molecule has 0 unspecified atom stereocenters. The van der Waals surface area contributed by atoms with Crippen molar-refractivity contribution in [2.45, 2.75) is 26.3 Å². The molecule has 3 heteroatoms. The van der Waals surface area contributed by atoms with Crippen LogP contribution in [0.4, 0.5) is 5.69 Å². The minimum atomic E-state index is 0.163. The topological polar surface area (TPSA) is 28.2 Å². The number of hydrogen-bond donors (Lipinski definition) is 1. The Labute approximate surface area is 114 Å². The monoisotopic (exact) mass is 255 g/mol. The molecule has 1 aliphatic heterocycles. The van der Waals surface area contributed by atoms with E-state index < -0.39 is 0 Å². The molecular formula is C16H21N3.